The van der Waals surface area contributed by atoms with Gasteiger partial charge >= 0.3 is 93.9 Å². The quantitative estimate of drug-likeness (QED) is 0.0297. The fourth-order valence-electron chi connectivity index (χ4n) is 11.4. The van der Waals surface area contributed by atoms with Crippen LogP contribution in [0.5, 0.6) is 0 Å². The lowest BCUT2D eigenvalue weighted by Crippen LogP contribution is -2.69. The molecule has 30 N–H and O–H groups in total. The molecule has 22 aliphatic rings. The molecule has 12 bridgehead atoms. The van der Waals surface area contributed by atoms with Crippen molar-refractivity contribution in [2.75, 3.05) is 39.6 Å². The van der Waals surface area contributed by atoms with Crippen LogP contribution in [-0.4, -0.2) is 372 Å². The SMILES string of the molecule is O=P(O)(O)OCC1OC2OC3C(COP(=O)(O)O)OC(OC4C(COP(=O)(O)O)OC(OC5C(COP(=O)(O)O)OC(OC6C(COP(=O)(O)O)OC(OC7C(COP(=O)(O)O)OC(OC1C(O)C2OP(=O)(O)O)C(OP(=O)(O)O)C7O)C(OP(=O)(O)O)C6O)C(OP(=O)(O)O)C5O)C(OP(=O)(O)O)C4O)C(OP(=O)(O)O)C3O. The Morgan fingerprint density at radius 2 is 0.281 bits per heavy atom. The van der Waals surface area contributed by atoms with Crippen LogP contribution in [0.4, 0.5) is 0 Å². The Kier molecular flexibility index (Phi) is 34.6. The molecule has 22 fully saturated rings. The second-order valence-corrected chi connectivity index (χ2v) is 38.5. The fraction of sp³-hybridized carbons (Fsp3) is 1.00. The highest BCUT2D eigenvalue weighted by Gasteiger charge is 2.64. The maximum atomic E-state index is 12.9. The summed E-state index contributed by atoms with van der Waals surface area (Å²) in [5.74, 6) is 0. The van der Waals surface area contributed by atoms with Gasteiger partial charge in [0, 0.05) is 0 Å². The van der Waals surface area contributed by atoms with Gasteiger partial charge in [-0.2, -0.15) is 0 Å². The molecular weight excluding hydrogens is 1860 g/mol. The van der Waals surface area contributed by atoms with Crippen LogP contribution in [0.1, 0.15) is 0 Å². The molecule has 66 nitrogen and oxygen atoms in total. The van der Waals surface area contributed by atoms with Gasteiger partial charge in [0.1, 0.15) is 146 Å². The summed E-state index contributed by atoms with van der Waals surface area (Å²) in [4.78, 5) is 242. The molecule has 22 heterocycles. The third-order valence-electron chi connectivity index (χ3n) is 15.4. The summed E-state index contributed by atoms with van der Waals surface area (Å²) in [6, 6.07) is 0. The highest BCUT2D eigenvalue weighted by molar-refractivity contribution is 7.49. The summed E-state index contributed by atoms with van der Waals surface area (Å²) in [6.07, 6.45) is -95.1. The van der Waals surface area contributed by atoms with Gasteiger partial charge in [-0.05, 0) is 0 Å². The molecule has 672 valence electrons. The molecule has 0 aromatic rings. The van der Waals surface area contributed by atoms with Gasteiger partial charge in [-0.3, -0.25) is 54.3 Å². The van der Waals surface area contributed by atoms with Crippen LogP contribution in [0.2, 0.25) is 0 Å². The third-order valence-corrected chi connectivity index (χ3v) is 21.5. The van der Waals surface area contributed by atoms with E-state index in [-0.39, 0.29) is 0 Å². The summed E-state index contributed by atoms with van der Waals surface area (Å²) in [6.45, 7) is -11.6. The molecule has 0 radical (unpaired) electrons. The second kappa shape index (κ2) is 38.8. The van der Waals surface area contributed by atoms with Crippen LogP contribution in [0.3, 0.4) is 0 Å². The van der Waals surface area contributed by atoms with Crippen LogP contribution in [0, 0.1) is 0 Å². The van der Waals surface area contributed by atoms with Crippen molar-refractivity contribution in [3.05, 3.63) is 0 Å². The first-order chi connectivity index (χ1) is 51.4. The number of ether oxygens (including phenoxy) is 12. The average Bonchev–Trinajstić information content (AvgIpc) is 0.759. The molecule has 0 spiro atoms. The van der Waals surface area contributed by atoms with Crippen LogP contribution < -0.4 is 0 Å². The van der Waals surface area contributed by atoms with E-state index in [1.807, 2.05) is 0 Å². The Morgan fingerprint density at radius 1 is 0.175 bits per heavy atom. The van der Waals surface area contributed by atoms with Crippen molar-refractivity contribution in [3.8, 4) is 0 Å². The molecule has 22 saturated heterocycles. The molecular formula is C36H72O66P12. The van der Waals surface area contributed by atoms with E-state index in [0.717, 1.165) is 0 Å². The lowest BCUT2D eigenvalue weighted by molar-refractivity contribution is -0.400. The van der Waals surface area contributed by atoms with Crippen LogP contribution in [0.15, 0.2) is 0 Å². The summed E-state index contributed by atoms with van der Waals surface area (Å²) in [5.41, 5.74) is 0. The molecule has 78 heteroatoms. The van der Waals surface area contributed by atoms with E-state index >= 15 is 0 Å². The number of phosphoric ester groups is 12. The molecule has 30 atom stereocenters. The Hall–Kier alpha value is 0.600. The lowest BCUT2D eigenvalue weighted by Gasteiger charge is -2.52. The van der Waals surface area contributed by atoms with E-state index in [2.05, 4.69) is 54.3 Å². The summed E-state index contributed by atoms with van der Waals surface area (Å²) >= 11 is 0. The van der Waals surface area contributed by atoms with E-state index in [0.29, 0.717) is 0 Å². The van der Waals surface area contributed by atoms with Crippen molar-refractivity contribution < 1.29 is 314 Å². The topological polar surface area (TPSA) is 1030 Å². The van der Waals surface area contributed by atoms with E-state index in [1.54, 1.807) is 0 Å². The number of aliphatic hydroxyl groups excluding tert-OH is 6. The normalized spacial score (nSPS) is 38.9. The molecule has 22 rings (SSSR count). The van der Waals surface area contributed by atoms with Gasteiger partial charge in [0.2, 0.25) is 0 Å². The predicted molar refractivity (Wildman–Crippen MR) is 327 cm³/mol. The zero-order chi connectivity index (χ0) is 86.5. The van der Waals surface area contributed by atoms with Crippen molar-refractivity contribution in [1.82, 2.24) is 0 Å². The monoisotopic (exact) mass is 1930 g/mol. The van der Waals surface area contributed by atoms with E-state index in [9.17, 15) is 203 Å². The van der Waals surface area contributed by atoms with Gasteiger partial charge in [-0.15, -0.1) is 0 Å². The Morgan fingerprint density at radius 3 is 0.368 bits per heavy atom. The van der Waals surface area contributed by atoms with E-state index in [1.165, 1.54) is 0 Å². The minimum absolute atomic E-state index is 1.94. The molecule has 22 aliphatic heterocycles. The summed E-state index contributed by atoms with van der Waals surface area (Å²) < 4.78 is 273. The molecule has 0 aromatic carbocycles. The summed E-state index contributed by atoms with van der Waals surface area (Å²) in [5, 5.41) is 73.4. The van der Waals surface area contributed by atoms with Crippen molar-refractivity contribution >= 4 is 93.9 Å². The zero-order valence-corrected chi connectivity index (χ0v) is 65.8. The molecule has 114 heavy (non-hydrogen) atoms. The number of hydrogen-bond donors (Lipinski definition) is 30. The molecule has 30 unspecified atom stereocenters. The lowest BCUT2D eigenvalue weighted by atomic mass is 9.94. The highest BCUT2D eigenvalue weighted by Crippen LogP contribution is 2.54. The standard InChI is InChI=1S/C36H72O66P12/c37-13-19-7(1-79-103(43,44)45)85-31(25(13)97-109(61,62)63)92-20-8(2-80-104(46,47)48)87-33(27(14(20)38)99-111(67,68)69)94-22-10(4-82-106(52,53)54)89-35(29(16(22)40)101-113(73,74)75)96-24-12(6-84-108(58,59)60)90-36(30(18(24)42)102-114(76,77)78)95-23-11(5-83-107(55,56)57)88-34(28(17(23)41)100-112(70,71)72)93-21-9(3-81-105(49,50)51)86-32(91-19)26(15(21)39)98-110(64,65)66/h7-42H,1-6H2,(H2,43,44,45)(H2,46,47,48)(H2,49,50,51)(H2,52,53,54)(H2,55,56,57)(H2,58,59,60)(H2,61,62,63)(H2,64,65,66)(H2,67,68,69)(H2,70,71,72)(H2,73,74,75)(H2,76,77,78). The maximum absolute atomic E-state index is 12.9. The van der Waals surface area contributed by atoms with E-state index < -0.39 is 318 Å². The highest BCUT2D eigenvalue weighted by atomic mass is 31.2. The first-order valence-corrected chi connectivity index (χ1v) is 48.3. The first kappa shape index (κ1) is 102. The second-order valence-electron chi connectivity index (χ2n) is 23.9. The third kappa shape index (κ3) is 31.6. The molecule has 0 saturated carbocycles. The minimum atomic E-state index is -6.47. The van der Waals surface area contributed by atoms with Gasteiger partial charge in [0.25, 0.3) is 0 Å². The number of hydrogen-bond acceptors (Lipinski definition) is 42. The zero-order valence-electron chi connectivity index (χ0n) is 55.0. The fourth-order valence-corrected chi connectivity index (χ4v) is 16.7. The predicted octanol–water partition coefficient (Wildman–Crippen LogP) is -11.7. The van der Waals surface area contributed by atoms with E-state index in [4.69, 9.17) is 56.8 Å². The molecule has 0 aromatic heterocycles. The maximum Gasteiger partial charge on any atom is 0.470 e. The Balaban J connectivity index is 1.55. The van der Waals surface area contributed by atoms with Gasteiger partial charge < -0.3 is 205 Å². The Labute approximate surface area is 630 Å². The first-order valence-electron chi connectivity index (χ1n) is 30.0. The molecule has 0 aliphatic carbocycles. The van der Waals surface area contributed by atoms with Crippen molar-refractivity contribution in [1.29, 1.82) is 0 Å². The van der Waals surface area contributed by atoms with Gasteiger partial charge in [-0.1, -0.05) is 0 Å². The van der Waals surface area contributed by atoms with Gasteiger partial charge in [-0.25, -0.2) is 54.8 Å². The number of rotatable bonds is 30. The van der Waals surface area contributed by atoms with Crippen molar-refractivity contribution in [2.24, 2.45) is 0 Å². The van der Waals surface area contributed by atoms with Crippen LogP contribution in [0.25, 0.3) is 0 Å². The van der Waals surface area contributed by atoms with Crippen molar-refractivity contribution in [3.63, 3.8) is 0 Å². The van der Waals surface area contributed by atoms with Gasteiger partial charge in [0.15, 0.2) is 37.7 Å². The summed E-state index contributed by atoms with van der Waals surface area (Å²) in [7, 11) is -75.2. The Bertz CT molecular complexity index is 3170. The number of phosphoric acid groups is 12. The van der Waals surface area contributed by atoms with Crippen LogP contribution in [-0.2, 0) is 166 Å². The minimum Gasteiger partial charge on any atom is -0.387 e. The van der Waals surface area contributed by atoms with Crippen LogP contribution >= 0.6 is 93.9 Å². The number of aliphatic hydroxyl groups is 6. The van der Waals surface area contributed by atoms with Gasteiger partial charge in [0.05, 0.1) is 39.6 Å². The largest absolute Gasteiger partial charge is 0.470 e. The molecule has 0 amide bonds. The van der Waals surface area contributed by atoms with Crippen molar-refractivity contribution in [2.45, 2.75) is 184 Å². The average molecular weight is 1930 g/mol. The smallest absolute Gasteiger partial charge is 0.387 e.